The highest BCUT2D eigenvalue weighted by Crippen LogP contribution is 2.36. The Kier molecular flexibility index (Phi) is 8.38. The zero-order valence-electron chi connectivity index (χ0n) is 13.9. The number of carbonyl (C=O) groups excluding carboxylic acids is 4. The lowest BCUT2D eigenvalue weighted by atomic mass is 10.2. The first-order chi connectivity index (χ1) is 11.1. The lowest BCUT2D eigenvalue weighted by Gasteiger charge is -2.27. The van der Waals surface area contributed by atoms with Crippen LogP contribution in [0.25, 0.3) is 0 Å². The Hall–Kier alpha value is -0.930. The number of hydroxylamine groups is 2. The monoisotopic (exact) mass is 396 g/mol. The van der Waals surface area contributed by atoms with Crippen LogP contribution in [-0.4, -0.2) is 57.2 Å². The van der Waals surface area contributed by atoms with Crippen LogP contribution in [0.15, 0.2) is 0 Å². The van der Waals surface area contributed by atoms with Gasteiger partial charge in [0.15, 0.2) is 0 Å². The second-order valence-electron chi connectivity index (χ2n) is 5.92. The van der Waals surface area contributed by atoms with Crippen molar-refractivity contribution in [1.29, 1.82) is 0 Å². The average molecular weight is 397 g/mol. The van der Waals surface area contributed by atoms with Gasteiger partial charge >= 0.3 is 11.3 Å². The molecular weight excluding hydrogens is 376 g/mol. The van der Waals surface area contributed by atoms with Crippen LogP contribution in [0.3, 0.4) is 0 Å². The van der Waals surface area contributed by atoms with Crippen molar-refractivity contribution in [1.82, 2.24) is 9.96 Å². The Bertz CT molecular complexity index is 499. The minimum Gasteiger partial charge on any atom is -0.331 e. The Morgan fingerprint density at radius 1 is 1.29 bits per heavy atom. The molecule has 10 heteroatoms. The topological polar surface area (TPSA) is 84.0 Å². The van der Waals surface area contributed by atoms with Crippen molar-refractivity contribution < 1.29 is 24.0 Å². The molecule has 1 aliphatic heterocycles. The number of imide groups is 1. The van der Waals surface area contributed by atoms with Gasteiger partial charge < -0.3 is 9.74 Å². The van der Waals surface area contributed by atoms with Crippen LogP contribution in [-0.2, 0) is 19.2 Å². The highest BCUT2D eigenvalue weighted by Gasteiger charge is 2.32. The van der Waals surface area contributed by atoms with Gasteiger partial charge in [0, 0.05) is 43.4 Å². The van der Waals surface area contributed by atoms with Gasteiger partial charge in [-0.05, 0) is 31.9 Å². The van der Waals surface area contributed by atoms with Crippen LogP contribution in [0.1, 0.15) is 39.5 Å². The molecule has 1 aliphatic rings. The number of halogens is 1. The fourth-order valence-corrected chi connectivity index (χ4v) is 4.63. The third-order valence-corrected chi connectivity index (χ3v) is 6.66. The zero-order chi connectivity index (χ0) is 18.3. The standard InChI is InChI=1S/C14H21ClN2O5S2/c1-14(2,9-16(3)13(15)21)24-23-8-4-5-12(20)22-17-10(18)6-7-11(17)19/h4-9H2,1-3H3. The van der Waals surface area contributed by atoms with Gasteiger partial charge in [-0.2, -0.15) is 0 Å². The molecule has 0 N–H and O–H groups in total. The van der Waals surface area contributed by atoms with E-state index in [-0.39, 0.29) is 24.0 Å². The summed E-state index contributed by atoms with van der Waals surface area (Å²) >= 11 is 5.41. The largest absolute Gasteiger partial charge is 0.333 e. The van der Waals surface area contributed by atoms with Crippen LogP contribution >= 0.6 is 33.2 Å². The molecule has 1 fully saturated rings. The molecule has 0 bridgehead atoms. The minimum atomic E-state index is -0.587. The maximum atomic E-state index is 11.6. The summed E-state index contributed by atoms with van der Waals surface area (Å²) in [5, 5.41) is 0.0641. The van der Waals surface area contributed by atoms with Gasteiger partial charge in [-0.15, -0.1) is 5.06 Å². The highest BCUT2D eigenvalue weighted by atomic mass is 35.5. The van der Waals surface area contributed by atoms with Crippen molar-refractivity contribution in [2.24, 2.45) is 0 Å². The summed E-state index contributed by atoms with van der Waals surface area (Å²) < 4.78 is -0.182. The van der Waals surface area contributed by atoms with Crippen molar-refractivity contribution in [2.75, 3.05) is 19.3 Å². The highest BCUT2D eigenvalue weighted by molar-refractivity contribution is 8.77. The Labute approximate surface area is 154 Å². The zero-order valence-corrected chi connectivity index (χ0v) is 16.3. The Morgan fingerprint density at radius 2 is 1.88 bits per heavy atom. The minimum absolute atomic E-state index is 0.0902. The number of rotatable bonds is 9. The quantitative estimate of drug-likeness (QED) is 0.195. The van der Waals surface area contributed by atoms with E-state index in [1.54, 1.807) is 28.6 Å². The normalized spacial score (nSPS) is 14.9. The van der Waals surface area contributed by atoms with Gasteiger partial charge in [0.2, 0.25) is 0 Å². The van der Waals surface area contributed by atoms with Crippen molar-refractivity contribution >= 4 is 56.3 Å². The number of amides is 3. The van der Waals surface area contributed by atoms with Gasteiger partial charge in [-0.25, -0.2) is 4.79 Å². The number of nitrogens with zero attached hydrogens (tertiary/aromatic N) is 2. The van der Waals surface area contributed by atoms with Gasteiger partial charge in [0.25, 0.3) is 11.8 Å². The van der Waals surface area contributed by atoms with Crippen LogP contribution in [0.4, 0.5) is 4.79 Å². The van der Waals surface area contributed by atoms with Gasteiger partial charge in [-0.1, -0.05) is 21.6 Å². The number of hydrogen-bond acceptors (Lipinski definition) is 7. The molecule has 0 aromatic rings. The first-order valence-electron chi connectivity index (χ1n) is 7.40. The second-order valence-corrected chi connectivity index (χ2v) is 9.37. The lowest BCUT2D eigenvalue weighted by Crippen LogP contribution is -2.34. The summed E-state index contributed by atoms with van der Waals surface area (Å²) in [4.78, 5) is 51.5. The molecule has 0 aliphatic carbocycles. The van der Waals surface area contributed by atoms with E-state index in [1.807, 2.05) is 13.8 Å². The summed E-state index contributed by atoms with van der Waals surface area (Å²) in [6, 6.07) is 0. The van der Waals surface area contributed by atoms with Gasteiger partial charge in [0.05, 0.1) is 0 Å². The summed E-state index contributed by atoms with van der Waals surface area (Å²) in [5.74, 6) is -0.837. The summed E-state index contributed by atoms with van der Waals surface area (Å²) in [6.07, 6.45) is 0.873. The van der Waals surface area contributed by atoms with Crippen LogP contribution in [0.2, 0.25) is 0 Å². The second kappa shape index (κ2) is 9.53. The van der Waals surface area contributed by atoms with Crippen molar-refractivity contribution in [2.45, 2.75) is 44.3 Å². The molecule has 0 aromatic carbocycles. The molecule has 1 heterocycles. The van der Waals surface area contributed by atoms with Crippen LogP contribution < -0.4 is 0 Å². The summed E-state index contributed by atoms with van der Waals surface area (Å²) in [6.45, 7) is 4.51. The molecule has 0 saturated carbocycles. The molecule has 3 amide bonds. The third-order valence-electron chi connectivity index (χ3n) is 3.01. The predicted octanol–water partition coefficient (Wildman–Crippen LogP) is 2.82. The molecule has 0 unspecified atom stereocenters. The van der Waals surface area contributed by atoms with Crippen LogP contribution in [0, 0.1) is 0 Å². The maximum Gasteiger partial charge on any atom is 0.333 e. The first-order valence-corrected chi connectivity index (χ1v) is 10.1. The molecular formula is C14H21ClN2O5S2. The third kappa shape index (κ3) is 7.31. The number of carbonyl (C=O) groups is 4. The van der Waals surface area contributed by atoms with Crippen LogP contribution in [0.5, 0.6) is 0 Å². The molecule has 1 saturated heterocycles. The molecule has 0 atom stereocenters. The van der Waals surface area contributed by atoms with Gasteiger partial charge in [0.1, 0.15) is 0 Å². The van der Waals surface area contributed by atoms with Crippen molar-refractivity contribution in [3.05, 3.63) is 0 Å². The van der Waals surface area contributed by atoms with E-state index >= 15 is 0 Å². The fraction of sp³-hybridized carbons (Fsp3) is 0.714. The van der Waals surface area contributed by atoms with Crippen molar-refractivity contribution in [3.8, 4) is 0 Å². The molecule has 0 aromatic heterocycles. The molecule has 0 spiro atoms. The van der Waals surface area contributed by atoms with E-state index in [9.17, 15) is 19.2 Å². The van der Waals surface area contributed by atoms with E-state index in [4.69, 9.17) is 16.4 Å². The average Bonchev–Trinajstić information content (AvgIpc) is 2.78. The molecule has 0 radical (unpaired) electrons. The molecule has 7 nitrogen and oxygen atoms in total. The van der Waals surface area contributed by atoms with Gasteiger partial charge in [-0.3, -0.25) is 14.4 Å². The molecule has 136 valence electrons. The predicted molar refractivity (Wildman–Crippen MR) is 94.4 cm³/mol. The maximum absolute atomic E-state index is 11.6. The van der Waals surface area contributed by atoms with E-state index in [2.05, 4.69) is 0 Å². The van der Waals surface area contributed by atoms with Crippen molar-refractivity contribution in [3.63, 3.8) is 0 Å². The first kappa shape index (κ1) is 21.1. The smallest absolute Gasteiger partial charge is 0.331 e. The summed E-state index contributed by atoms with van der Waals surface area (Å²) in [7, 11) is 4.82. The molecule has 24 heavy (non-hydrogen) atoms. The molecule has 1 rings (SSSR count). The van der Waals surface area contributed by atoms with E-state index < -0.39 is 23.2 Å². The number of hydrogen-bond donors (Lipinski definition) is 0. The lowest BCUT2D eigenvalue weighted by molar-refractivity contribution is -0.197. The SMILES string of the molecule is CN(CC(C)(C)SSCCCC(=O)ON1C(=O)CCC1=O)C(=O)Cl. The van der Waals surface area contributed by atoms with E-state index in [0.29, 0.717) is 23.8 Å². The summed E-state index contributed by atoms with van der Waals surface area (Å²) in [5.41, 5.74) is 0. The Balaban J connectivity index is 2.19. The van der Waals surface area contributed by atoms with E-state index in [0.717, 1.165) is 0 Å². The van der Waals surface area contributed by atoms with E-state index in [1.165, 1.54) is 4.90 Å². The fourth-order valence-electron chi connectivity index (χ4n) is 1.94. The Morgan fingerprint density at radius 3 is 2.42 bits per heavy atom.